The number of rotatable bonds is 8. The number of ether oxygens (including phenoxy) is 1. The molecular weight excluding hydrogens is 446 g/mol. The van der Waals surface area contributed by atoms with Gasteiger partial charge < -0.3 is 25.4 Å². The number of phenols is 1. The van der Waals surface area contributed by atoms with Crippen molar-refractivity contribution in [2.45, 2.75) is 110 Å². The van der Waals surface area contributed by atoms with Crippen molar-refractivity contribution in [1.82, 2.24) is 15.5 Å². The Bertz CT molecular complexity index is 855. The van der Waals surface area contributed by atoms with Crippen LogP contribution in [-0.2, 0) is 14.3 Å². The van der Waals surface area contributed by atoms with Crippen molar-refractivity contribution in [3.63, 3.8) is 0 Å². The maximum absolute atomic E-state index is 13.9. The first kappa shape index (κ1) is 28.5. The van der Waals surface area contributed by atoms with Crippen LogP contribution in [-0.4, -0.2) is 51.6 Å². The van der Waals surface area contributed by atoms with E-state index in [9.17, 15) is 19.5 Å². The van der Waals surface area contributed by atoms with Gasteiger partial charge in [0.1, 0.15) is 23.4 Å². The summed E-state index contributed by atoms with van der Waals surface area (Å²) in [5.41, 5.74) is -0.112. The fourth-order valence-corrected chi connectivity index (χ4v) is 4.41. The Morgan fingerprint density at radius 2 is 1.57 bits per heavy atom. The van der Waals surface area contributed by atoms with Gasteiger partial charge in [-0.2, -0.15) is 0 Å². The smallest absolute Gasteiger partial charge is 0.408 e. The Morgan fingerprint density at radius 3 is 2.06 bits per heavy atom. The predicted molar refractivity (Wildman–Crippen MR) is 136 cm³/mol. The average molecular weight is 490 g/mol. The highest BCUT2D eigenvalue weighted by molar-refractivity contribution is 5.92. The lowest BCUT2D eigenvalue weighted by atomic mass is 9.94. The molecule has 3 N–H and O–H groups in total. The van der Waals surface area contributed by atoms with Crippen molar-refractivity contribution >= 4 is 17.9 Å². The van der Waals surface area contributed by atoms with Gasteiger partial charge in [-0.3, -0.25) is 9.59 Å². The Balaban J connectivity index is 2.41. The minimum atomic E-state index is -0.910. The lowest BCUT2D eigenvalue weighted by Crippen LogP contribution is -2.57. The van der Waals surface area contributed by atoms with Gasteiger partial charge in [0.15, 0.2) is 0 Å². The Kier molecular flexibility index (Phi) is 9.98. The van der Waals surface area contributed by atoms with Crippen molar-refractivity contribution in [1.29, 1.82) is 0 Å². The van der Waals surface area contributed by atoms with E-state index in [4.69, 9.17) is 4.74 Å². The molecule has 1 fully saturated rings. The molecule has 0 spiro atoms. The summed E-state index contributed by atoms with van der Waals surface area (Å²) in [5, 5.41) is 15.7. The van der Waals surface area contributed by atoms with E-state index in [-0.39, 0.29) is 35.6 Å². The topological polar surface area (TPSA) is 108 Å². The molecule has 8 heteroatoms. The molecule has 0 bridgehead atoms. The third-order valence-corrected chi connectivity index (χ3v) is 6.10. The maximum Gasteiger partial charge on any atom is 0.408 e. The molecule has 0 saturated heterocycles. The maximum atomic E-state index is 13.9. The first-order valence-corrected chi connectivity index (χ1v) is 12.7. The van der Waals surface area contributed by atoms with Crippen LogP contribution in [0, 0.1) is 5.92 Å². The fourth-order valence-electron chi connectivity index (χ4n) is 4.41. The molecular formula is C27H43N3O5. The Morgan fingerprint density at radius 1 is 1.00 bits per heavy atom. The quantitative estimate of drug-likeness (QED) is 0.492. The number of nitrogens with one attached hydrogen (secondary N) is 2. The molecule has 35 heavy (non-hydrogen) atoms. The third kappa shape index (κ3) is 8.44. The van der Waals surface area contributed by atoms with Crippen molar-refractivity contribution in [2.24, 2.45) is 5.92 Å². The monoisotopic (exact) mass is 489 g/mol. The summed E-state index contributed by atoms with van der Waals surface area (Å²) >= 11 is 0. The normalized spacial score (nSPS) is 16.5. The van der Waals surface area contributed by atoms with Gasteiger partial charge in [0.05, 0.1) is 0 Å². The molecule has 196 valence electrons. The van der Waals surface area contributed by atoms with E-state index in [0.717, 1.165) is 32.1 Å². The SMILES string of the molecule is CC(C)C(NC(=O)OC(C)(C)C)C(=O)N(C(C)C)C(C(=O)NC1CCCCC1)c1ccc(O)cc1. The zero-order valence-electron chi connectivity index (χ0n) is 22.3. The molecule has 2 unspecified atom stereocenters. The number of benzene rings is 1. The average Bonchev–Trinajstić information content (AvgIpc) is 2.75. The number of carbonyl (C=O) groups is 3. The molecule has 0 aliphatic heterocycles. The van der Waals surface area contributed by atoms with E-state index in [1.807, 2.05) is 27.7 Å². The summed E-state index contributed by atoms with van der Waals surface area (Å²) in [4.78, 5) is 41.7. The molecule has 0 aromatic heterocycles. The van der Waals surface area contributed by atoms with Crippen molar-refractivity contribution in [2.75, 3.05) is 0 Å². The van der Waals surface area contributed by atoms with Gasteiger partial charge in [-0.05, 0) is 71.1 Å². The van der Waals surface area contributed by atoms with Crippen molar-refractivity contribution in [3.05, 3.63) is 29.8 Å². The summed E-state index contributed by atoms with van der Waals surface area (Å²) in [5.74, 6) is -0.783. The van der Waals surface area contributed by atoms with Crippen LogP contribution >= 0.6 is 0 Å². The highest BCUT2D eigenvalue weighted by Gasteiger charge is 2.39. The van der Waals surface area contributed by atoms with Crippen molar-refractivity contribution in [3.8, 4) is 5.75 Å². The van der Waals surface area contributed by atoms with Crippen LogP contribution in [0.25, 0.3) is 0 Å². The van der Waals surface area contributed by atoms with E-state index in [2.05, 4.69) is 10.6 Å². The fraction of sp³-hybridized carbons (Fsp3) is 0.667. The van der Waals surface area contributed by atoms with Crippen LogP contribution in [0.3, 0.4) is 0 Å². The summed E-state index contributed by atoms with van der Waals surface area (Å²) in [7, 11) is 0. The second-order valence-electron chi connectivity index (χ2n) is 11.0. The van der Waals surface area contributed by atoms with Crippen LogP contribution in [0.5, 0.6) is 5.75 Å². The molecule has 8 nitrogen and oxygen atoms in total. The van der Waals surface area contributed by atoms with Gasteiger partial charge in [0.25, 0.3) is 0 Å². The van der Waals surface area contributed by atoms with E-state index in [1.165, 1.54) is 17.0 Å². The van der Waals surface area contributed by atoms with Gasteiger partial charge in [-0.15, -0.1) is 0 Å². The van der Waals surface area contributed by atoms with Crippen molar-refractivity contribution < 1.29 is 24.2 Å². The minimum Gasteiger partial charge on any atom is -0.508 e. The van der Waals surface area contributed by atoms with E-state index >= 15 is 0 Å². The van der Waals surface area contributed by atoms with Crippen LogP contribution in [0.1, 0.15) is 92.2 Å². The zero-order valence-corrected chi connectivity index (χ0v) is 22.3. The lowest BCUT2D eigenvalue weighted by molar-refractivity contribution is -0.145. The summed E-state index contributed by atoms with van der Waals surface area (Å²) in [6.07, 6.45) is 4.45. The largest absolute Gasteiger partial charge is 0.508 e. The lowest BCUT2D eigenvalue weighted by Gasteiger charge is -2.39. The standard InChI is InChI=1S/C27H43N3O5/c1-17(2)22(29-26(34)35-27(5,6)7)25(33)30(18(3)4)23(19-13-15-21(31)16-14-19)24(32)28-20-11-9-8-10-12-20/h13-18,20,22-23,31H,8-12H2,1-7H3,(H,28,32)(H,29,34). The number of carbonyl (C=O) groups excluding carboxylic acids is 3. The molecule has 1 aliphatic carbocycles. The summed E-state index contributed by atoms with van der Waals surface area (Å²) in [6, 6.07) is 4.29. The van der Waals surface area contributed by atoms with Gasteiger partial charge in [-0.25, -0.2) is 4.79 Å². The van der Waals surface area contributed by atoms with Crippen LogP contribution in [0.15, 0.2) is 24.3 Å². The van der Waals surface area contributed by atoms with Gasteiger partial charge in [0, 0.05) is 12.1 Å². The molecule has 1 saturated carbocycles. The Labute approximate surface area is 209 Å². The first-order chi connectivity index (χ1) is 16.3. The number of alkyl carbamates (subject to hydrolysis) is 1. The van der Waals surface area contributed by atoms with Crippen LogP contribution < -0.4 is 10.6 Å². The molecule has 1 aromatic carbocycles. The van der Waals surface area contributed by atoms with Crippen LogP contribution in [0.4, 0.5) is 4.79 Å². The van der Waals surface area contributed by atoms with Crippen LogP contribution in [0.2, 0.25) is 0 Å². The second-order valence-corrected chi connectivity index (χ2v) is 11.0. The number of amides is 3. The Hall–Kier alpha value is -2.77. The summed E-state index contributed by atoms with van der Waals surface area (Å²) < 4.78 is 5.39. The number of phenolic OH excluding ortho intramolecular Hbond substituents is 1. The number of hydrogen-bond donors (Lipinski definition) is 3. The molecule has 2 atom stereocenters. The molecule has 2 rings (SSSR count). The molecule has 0 heterocycles. The van der Waals surface area contributed by atoms with Gasteiger partial charge in [0.2, 0.25) is 11.8 Å². The molecule has 1 aliphatic rings. The van der Waals surface area contributed by atoms with E-state index < -0.39 is 23.8 Å². The van der Waals surface area contributed by atoms with Gasteiger partial charge >= 0.3 is 6.09 Å². The minimum absolute atomic E-state index is 0.0702. The number of hydrogen-bond acceptors (Lipinski definition) is 5. The second kappa shape index (κ2) is 12.3. The third-order valence-electron chi connectivity index (χ3n) is 6.10. The predicted octanol–water partition coefficient (Wildman–Crippen LogP) is 4.67. The molecule has 0 radical (unpaired) electrons. The summed E-state index contributed by atoms with van der Waals surface area (Å²) in [6.45, 7) is 12.7. The first-order valence-electron chi connectivity index (χ1n) is 12.7. The zero-order chi connectivity index (χ0) is 26.3. The number of aromatic hydroxyl groups is 1. The highest BCUT2D eigenvalue weighted by atomic mass is 16.6. The highest BCUT2D eigenvalue weighted by Crippen LogP contribution is 2.28. The van der Waals surface area contributed by atoms with Gasteiger partial charge in [-0.1, -0.05) is 45.2 Å². The van der Waals surface area contributed by atoms with E-state index in [0.29, 0.717) is 5.56 Å². The molecule has 3 amide bonds. The molecule has 1 aromatic rings. The van der Waals surface area contributed by atoms with E-state index in [1.54, 1.807) is 32.9 Å². The number of nitrogens with zero attached hydrogens (tertiary/aromatic N) is 1.